The summed E-state index contributed by atoms with van der Waals surface area (Å²) in [6, 6.07) is 0. The van der Waals surface area contributed by atoms with Crippen molar-refractivity contribution in [1.82, 2.24) is 0 Å². The van der Waals surface area contributed by atoms with Gasteiger partial charge >= 0.3 is 0 Å². The van der Waals surface area contributed by atoms with E-state index >= 15 is 0 Å². The Morgan fingerprint density at radius 3 is 1.70 bits per heavy atom. The maximum Gasteiger partial charge on any atom is 0.246 e. The maximum absolute atomic E-state index is 10.1. The van der Waals surface area contributed by atoms with E-state index in [0.717, 1.165) is 6.08 Å². The highest BCUT2D eigenvalue weighted by molar-refractivity contribution is 6.74. The van der Waals surface area contributed by atoms with Crippen LogP contribution in [0.25, 0.3) is 0 Å². The van der Waals surface area contributed by atoms with E-state index < -0.39 is 9.03 Å². The first-order valence-electron chi connectivity index (χ1n) is 1.98. The number of rotatable bonds is 1. The molecule has 58 valence electrons. The number of allylic oxidation sites excluding steroid dienone is 2. The van der Waals surface area contributed by atoms with Gasteiger partial charge in [-0.1, -0.05) is 46.4 Å². The molecule has 0 spiro atoms. The second-order valence-electron chi connectivity index (χ2n) is 1.29. The zero-order valence-corrected chi connectivity index (χ0v) is 8.16. The third-order valence-electron chi connectivity index (χ3n) is 0.511. The van der Waals surface area contributed by atoms with Crippen LogP contribution in [0.2, 0.25) is 0 Å². The molecule has 0 heterocycles. The van der Waals surface area contributed by atoms with E-state index in [-0.39, 0.29) is 5.03 Å². The van der Waals surface area contributed by atoms with Gasteiger partial charge in [-0.05, 0) is 11.6 Å². The van der Waals surface area contributed by atoms with Crippen molar-refractivity contribution in [3.63, 3.8) is 0 Å². The molecule has 0 N–H and O–H groups in total. The second-order valence-corrected chi connectivity index (χ2v) is 4.36. The van der Waals surface area contributed by atoms with E-state index in [0.29, 0.717) is 0 Å². The molecular weight excluding hydrogens is 241 g/mol. The third-order valence-corrected chi connectivity index (χ3v) is 1.91. The number of carbonyl (C=O) groups is 1. The fraction of sp³-hybridized carbons (Fsp3) is 0.250. The first-order valence-corrected chi connectivity index (χ1v) is 3.87. The lowest BCUT2D eigenvalue weighted by Crippen LogP contribution is -2.02. The van der Waals surface area contributed by atoms with E-state index in [1.165, 1.54) is 0 Å². The predicted octanol–water partition coefficient (Wildman–Crippen LogP) is 3.24. The second kappa shape index (κ2) is 4.03. The molecular formula is C4HCl5O. The van der Waals surface area contributed by atoms with Crippen molar-refractivity contribution in [3.8, 4) is 0 Å². The molecule has 0 amide bonds. The molecule has 0 aromatic carbocycles. The van der Waals surface area contributed by atoms with E-state index in [9.17, 15) is 4.79 Å². The molecule has 0 saturated heterocycles. The van der Waals surface area contributed by atoms with Gasteiger partial charge in [-0.15, -0.1) is 0 Å². The van der Waals surface area contributed by atoms with Crippen molar-refractivity contribution in [1.29, 1.82) is 0 Å². The molecule has 0 aromatic rings. The molecule has 0 radical (unpaired) electrons. The Bertz CT molecular complexity index is 167. The predicted molar refractivity (Wildman–Crippen MR) is 45.1 cm³/mol. The third kappa shape index (κ3) is 4.64. The Morgan fingerprint density at radius 1 is 1.20 bits per heavy atom. The van der Waals surface area contributed by atoms with Gasteiger partial charge < -0.3 is 0 Å². The average molecular weight is 242 g/mol. The standard InChI is InChI=1S/C4HCl5O/c5-2(1-3(6)10)4(7,8)9/h1H. The van der Waals surface area contributed by atoms with Crippen molar-refractivity contribution in [2.45, 2.75) is 3.79 Å². The van der Waals surface area contributed by atoms with Crippen LogP contribution in [0.1, 0.15) is 0 Å². The summed E-state index contributed by atoms with van der Waals surface area (Å²) in [4.78, 5) is 10.1. The molecule has 0 fully saturated rings. The highest BCUT2D eigenvalue weighted by Gasteiger charge is 2.24. The minimum absolute atomic E-state index is 0.225. The average Bonchev–Trinajstić information content (AvgIpc) is 1.60. The lowest BCUT2D eigenvalue weighted by atomic mass is 10.5. The van der Waals surface area contributed by atoms with Crippen LogP contribution in [0.4, 0.5) is 0 Å². The summed E-state index contributed by atoms with van der Waals surface area (Å²) in [5.74, 6) is 0. The SMILES string of the molecule is O=C(Cl)C=C(Cl)C(Cl)(Cl)Cl. The summed E-state index contributed by atoms with van der Waals surface area (Å²) in [5, 5.41) is -1.01. The van der Waals surface area contributed by atoms with Crippen molar-refractivity contribution in [3.05, 3.63) is 11.1 Å². The fourth-order valence-corrected chi connectivity index (χ4v) is 0.609. The number of carbonyl (C=O) groups excluding carboxylic acids is 1. The fourth-order valence-electron chi connectivity index (χ4n) is 0.181. The highest BCUT2D eigenvalue weighted by atomic mass is 35.6. The van der Waals surface area contributed by atoms with Crippen LogP contribution in [0, 0.1) is 0 Å². The maximum atomic E-state index is 10.1. The molecule has 0 bridgehead atoms. The largest absolute Gasteiger partial charge is 0.276 e. The lowest BCUT2D eigenvalue weighted by molar-refractivity contribution is -0.107. The number of hydrogen-bond acceptors (Lipinski definition) is 1. The Kier molecular flexibility index (Phi) is 4.38. The number of halogens is 5. The molecule has 0 atom stereocenters. The summed E-state index contributed by atoms with van der Waals surface area (Å²) in [6.45, 7) is 0. The normalized spacial score (nSPS) is 13.5. The van der Waals surface area contributed by atoms with Gasteiger partial charge in [-0.3, -0.25) is 4.79 Å². The Hall–Kier alpha value is 0.860. The highest BCUT2D eigenvalue weighted by Crippen LogP contribution is 2.36. The molecule has 0 saturated carbocycles. The summed E-state index contributed by atoms with van der Waals surface area (Å²) >= 11 is 26.0. The van der Waals surface area contributed by atoms with Crippen molar-refractivity contribution >= 4 is 63.2 Å². The van der Waals surface area contributed by atoms with Crippen LogP contribution < -0.4 is 0 Å². The summed E-state index contributed by atoms with van der Waals surface area (Å²) in [5.41, 5.74) is 0. The van der Waals surface area contributed by atoms with Gasteiger partial charge in [0.1, 0.15) is 0 Å². The summed E-state index contributed by atoms with van der Waals surface area (Å²) in [7, 11) is 0. The quantitative estimate of drug-likeness (QED) is 0.392. The number of hydrogen-bond donors (Lipinski definition) is 0. The van der Waals surface area contributed by atoms with Crippen LogP contribution in [0.15, 0.2) is 11.1 Å². The number of alkyl halides is 3. The van der Waals surface area contributed by atoms with Gasteiger partial charge in [0.25, 0.3) is 0 Å². The molecule has 0 aliphatic heterocycles. The molecule has 1 nitrogen and oxygen atoms in total. The zero-order chi connectivity index (χ0) is 8.36. The van der Waals surface area contributed by atoms with Gasteiger partial charge in [-0.25, -0.2) is 0 Å². The Morgan fingerprint density at radius 2 is 1.60 bits per heavy atom. The van der Waals surface area contributed by atoms with Crippen LogP contribution in [-0.2, 0) is 4.79 Å². The first kappa shape index (κ1) is 10.9. The molecule has 0 aliphatic rings. The molecule has 6 heteroatoms. The van der Waals surface area contributed by atoms with Crippen LogP contribution in [-0.4, -0.2) is 9.03 Å². The van der Waals surface area contributed by atoms with Gasteiger partial charge in [0.05, 0.1) is 5.03 Å². The van der Waals surface area contributed by atoms with Gasteiger partial charge in [0.15, 0.2) is 0 Å². The topological polar surface area (TPSA) is 17.1 Å². The Balaban J connectivity index is 4.35. The van der Waals surface area contributed by atoms with Crippen LogP contribution in [0.5, 0.6) is 0 Å². The van der Waals surface area contributed by atoms with Crippen molar-refractivity contribution < 1.29 is 4.79 Å². The molecule has 10 heavy (non-hydrogen) atoms. The van der Waals surface area contributed by atoms with Gasteiger partial charge in [0.2, 0.25) is 9.03 Å². The van der Waals surface area contributed by atoms with Crippen molar-refractivity contribution in [2.24, 2.45) is 0 Å². The van der Waals surface area contributed by atoms with E-state index in [1.54, 1.807) is 0 Å². The van der Waals surface area contributed by atoms with Crippen LogP contribution in [0.3, 0.4) is 0 Å². The summed E-state index contributed by atoms with van der Waals surface area (Å²) < 4.78 is -1.77. The van der Waals surface area contributed by atoms with E-state index in [4.69, 9.17) is 58.0 Å². The molecule has 0 rings (SSSR count). The zero-order valence-electron chi connectivity index (χ0n) is 4.38. The minimum atomic E-state index is -1.77. The van der Waals surface area contributed by atoms with Crippen molar-refractivity contribution in [2.75, 3.05) is 0 Å². The van der Waals surface area contributed by atoms with Crippen LogP contribution >= 0.6 is 58.0 Å². The summed E-state index contributed by atoms with van der Waals surface area (Å²) in [6.07, 6.45) is 0.829. The van der Waals surface area contributed by atoms with Gasteiger partial charge in [0, 0.05) is 6.08 Å². The minimum Gasteiger partial charge on any atom is -0.276 e. The smallest absolute Gasteiger partial charge is 0.246 e. The molecule has 0 unspecified atom stereocenters. The monoisotopic (exact) mass is 240 g/mol. The Labute approximate surface area is 82.8 Å². The lowest BCUT2D eigenvalue weighted by Gasteiger charge is -2.06. The van der Waals surface area contributed by atoms with E-state index in [1.807, 2.05) is 0 Å². The molecule has 0 aliphatic carbocycles. The van der Waals surface area contributed by atoms with Gasteiger partial charge in [-0.2, -0.15) is 0 Å². The molecule has 0 aromatic heterocycles. The van der Waals surface area contributed by atoms with E-state index in [2.05, 4.69) is 0 Å². The first-order chi connectivity index (χ1) is 4.34.